The zero-order chi connectivity index (χ0) is 11.5. The number of hydrogen-bond donors (Lipinski definition) is 0. The maximum absolute atomic E-state index is 11.5. The first-order valence-corrected chi connectivity index (χ1v) is 6.24. The number of fused-ring (bicyclic) bond motifs is 1. The molecule has 0 aliphatic carbocycles. The summed E-state index contributed by atoms with van der Waals surface area (Å²) in [5.74, 6) is 0.629. The maximum atomic E-state index is 11.5. The first-order valence-electron chi connectivity index (χ1n) is 6.24. The first kappa shape index (κ1) is 11.6. The van der Waals surface area contributed by atoms with Crippen molar-refractivity contribution in [2.24, 2.45) is 0 Å². The second-order valence-corrected chi connectivity index (χ2v) is 4.80. The molecular weight excluding hydrogens is 204 g/mol. The third-order valence-corrected chi connectivity index (χ3v) is 3.51. The molecule has 0 aromatic rings. The molecule has 4 heteroatoms. The largest absolute Gasteiger partial charge is 0.337 e. The average molecular weight is 224 g/mol. The molecule has 90 valence electrons. The number of piperazine rings is 1. The van der Waals surface area contributed by atoms with Gasteiger partial charge >= 0.3 is 0 Å². The van der Waals surface area contributed by atoms with Crippen molar-refractivity contribution >= 4 is 11.7 Å². The molecule has 0 radical (unpaired) electrons. The van der Waals surface area contributed by atoms with Gasteiger partial charge in [0.1, 0.15) is 5.78 Å². The van der Waals surface area contributed by atoms with E-state index in [1.165, 1.54) is 0 Å². The van der Waals surface area contributed by atoms with Gasteiger partial charge in [-0.3, -0.25) is 14.5 Å². The molecule has 16 heavy (non-hydrogen) atoms. The monoisotopic (exact) mass is 224 g/mol. The normalized spacial score (nSPS) is 25.9. The summed E-state index contributed by atoms with van der Waals surface area (Å²) in [4.78, 5) is 27.2. The molecule has 2 rings (SSSR count). The molecule has 1 amide bonds. The van der Waals surface area contributed by atoms with Crippen molar-refractivity contribution in [2.75, 3.05) is 26.2 Å². The summed E-state index contributed by atoms with van der Waals surface area (Å²) in [5.41, 5.74) is 0. The SMILES string of the molecule is CCCC(=O)CN1CCN2C(=O)CCC2C1. The quantitative estimate of drug-likeness (QED) is 0.704. The van der Waals surface area contributed by atoms with Crippen molar-refractivity contribution in [3.8, 4) is 0 Å². The van der Waals surface area contributed by atoms with Gasteiger partial charge in [0.25, 0.3) is 0 Å². The minimum absolute atomic E-state index is 0.296. The topological polar surface area (TPSA) is 40.6 Å². The zero-order valence-corrected chi connectivity index (χ0v) is 9.95. The number of carbonyl (C=O) groups is 2. The smallest absolute Gasteiger partial charge is 0.222 e. The third-order valence-electron chi connectivity index (χ3n) is 3.51. The van der Waals surface area contributed by atoms with Gasteiger partial charge in [0.05, 0.1) is 6.54 Å². The fourth-order valence-corrected chi connectivity index (χ4v) is 2.68. The van der Waals surface area contributed by atoms with Gasteiger partial charge in [-0.1, -0.05) is 6.92 Å². The van der Waals surface area contributed by atoms with Gasteiger partial charge in [0, 0.05) is 38.5 Å². The van der Waals surface area contributed by atoms with E-state index in [0.717, 1.165) is 32.5 Å². The minimum Gasteiger partial charge on any atom is -0.337 e. The van der Waals surface area contributed by atoms with Crippen LogP contribution in [0.4, 0.5) is 0 Å². The molecule has 2 aliphatic rings. The van der Waals surface area contributed by atoms with Gasteiger partial charge < -0.3 is 4.90 Å². The number of nitrogens with zero attached hydrogens (tertiary/aromatic N) is 2. The Kier molecular flexibility index (Phi) is 3.59. The summed E-state index contributed by atoms with van der Waals surface area (Å²) in [6, 6.07) is 0.371. The van der Waals surface area contributed by atoms with Gasteiger partial charge in [0.2, 0.25) is 5.91 Å². The molecule has 0 aromatic heterocycles. The molecule has 0 spiro atoms. The highest BCUT2D eigenvalue weighted by Crippen LogP contribution is 2.22. The Labute approximate surface area is 96.6 Å². The van der Waals surface area contributed by atoms with Crippen LogP contribution in [0.2, 0.25) is 0 Å². The van der Waals surface area contributed by atoms with E-state index in [2.05, 4.69) is 4.90 Å². The highest BCUT2D eigenvalue weighted by molar-refractivity contribution is 5.81. The predicted octanol–water partition coefficient (Wildman–Crippen LogP) is 0.662. The van der Waals surface area contributed by atoms with Crippen molar-refractivity contribution in [3.05, 3.63) is 0 Å². The van der Waals surface area contributed by atoms with Crippen LogP contribution in [0.5, 0.6) is 0 Å². The lowest BCUT2D eigenvalue weighted by atomic mass is 10.1. The van der Waals surface area contributed by atoms with Gasteiger partial charge in [-0.25, -0.2) is 0 Å². The second kappa shape index (κ2) is 4.95. The van der Waals surface area contributed by atoms with Crippen molar-refractivity contribution in [1.29, 1.82) is 0 Å². The highest BCUT2D eigenvalue weighted by atomic mass is 16.2. The van der Waals surface area contributed by atoms with Crippen LogP contribution < -0.4 is 0 Å². The molecule has 0 aromatic carbocycles. The van der Waals surface area contributed by atoms with E-state index in [9.17, 15) is 9.59 Å². The minimum atomic E-state index is 0.296. The molecule has 0 saturated carbocycles. The number of amides is 1. The van der Waals surface area contributed by atoms with Crippen LogP contribution in [-0.4, -0.2) is 53.7 Å². The summed E-state index contributed by atoms with van der Waals surface area (Å²) in [7, 11) is 0. The Bertz CT molecular complexity index is 291. The molecule has 0 bridgehead atoms. The van der Waals surface area contributed by atoms with Crippen molar-refractivity contribution < 1.29 is 9.59 Å². The summed E-state index contributed by atoms with van der Waals surface area (Å²) >= 11 is 0. The van der Waals surface area contributed by atoms with E-state index in [4.69, 9.17) is 0 Å². The lowest BCUT2D eigenvalue weighted by Gasteiger charge is -2.37. The van der Waals surface area contributed by atoms with Crippen molar-refractivity contribution in [3.63, 3.8) is 0 Å². The number of rotatable bonds is 4. The van der Waals surface area contributed by atoms with E-state index in [1.807, 2.05) is 11.8 Å². The van der Waals surface area contributed by atoms with E-state index in [1.54, 1.807) is 0 Å². The maximum Gasteiger partial charge on any atom is 0.222 e. The lowest BCUT2D eigenvalue weighted by Crippen LogP contribution is -2.52. The Hall–Kier alpha value is -0.900. The third kappa shape index (κ3) is 2.43. The Balaban J connectivity index is 1.83. The number of carbonyl (C=O) groups excluding carboxylic acids is 2. The standard InChI is InChI=1S/C12H20N2O2/c1-2-3-11(15)9-13-6-7-14-10(8-13)4-5-12(14)16/h10H,2-9H2,1H3. The van der Waals surface area contributed by atoms with E-state index < -0.39 is 0 Å². The van der Waals surface area contributed by atoms with Gasteiger partial charge in [0.15, 0.2) is 0 Å². The number of hydrogen-bond acceptors (Lipinski definition) is 3. The molecule has 2 fully saturated rings. The molecular formula is C12H20N2O2. The zero-order valence-electron chi connectivity index (χ0n) is 9.95. The van der Waals surface area contributed by atoms with E-state index in [0.29, 0.717) is 37.1 Å². The van der Waals surface area contributed by atoms with Gasteiger partial charge in [-0.2, -0.15) is 0 Å². The van der Waals surface area contributed by atoms with Gasteiger partial charge in [-0.05, 0) is 12.8 Å². The van der Waals surface area contributed by atoms with Crippen molar-refractivity contribution in [1.82, 2.24) is 9.80 Å². The van der Waals surface area contributed by atoms with Crippen LogP contribution in [0.1, 0.15) is 32.6 Å². The molecule has 1 unspecified atom stereocenters. The number of ketones is 1. The van der Waals surface area contributed by atoms with Gasteiger partial charge in [-0.15, -0.1) is 0 Å². The van der Waals surface area contributed by atoms with Crippen molar-refractivity contribution in [2.45, 2.75) is 38.6 Å². The molecule has 0 N–H and O–H groups in total. The Morgan fingerprint density at radius 3 is 3.00 bits per heavy atom. The highest BCUT2D eigenvalue weighted by Gasteiger charge is 2.35. The van der Waals surface area contributed by atoms with Crippen LogP contribution >= 0.6 is 0 Å². The predicted molar refractivity (Wildman–Crippen MR) is 61.1 cm³/mol. The number of Topliss-reactive ketones (excluding diaryl/α,β-unsaturated/α-hetero) is 1. The summed E-state index contributed by atoms with van der Waals surface area (Å²) in [6.07, 6.45) is 3.28. The van der Waals surface area contributed by atoms with Crippen LogP contribution in [0.15, 0.2) is 0 Å². The van der Waals surface area contributed by atoms with Crippen LogP contribution in [0.3, 0.4) is 0 Å². The fourth-order valence-electron chi connectivity index (χ4n) is 2.68. The first-order chi connectivity index (χ1) is 7.70. The Morgan fingerprint density at radius 2 is 2.25 bits per heavy atom. The average Bonchev–Trinajstić information content (AvgIpc) is 2.60. The van der Waals surface area contributed by atoms with E-state index >= 15 is 0 Å². The Morgan fingerprint density at radius 1 is 1.44 bits per heavy atom. The summed E-state index contributed by atoms with van der Waals surface area (Å²) in [6.45, 7) is 5.17. The molecule has 2 aliphatic heterocycles. The molecule has 2 heterocycles. The fraction of sp³-hybridized carbons (Fsp3) is 0.833. The molecule has 1 atom stereocenters. The van der Waals surface area contributed by atoms with Crippen LogP contribution in [-0.2, 0) is 9.59 Å². The lowest BCUT2D eigenvalue weighted by molar-refractivity contribution is -0.131. The summed E-state index contributed by atoms with van der Waals surface area (Å²) in [5, 5.41) is 0. The molecule has 4 nitrogen and oxygen atoms in total. The van der Waals surface area contributed by atoms with Crippen LogP contribution in [0.25, 0.3) is 0 Å². The van der Waals surface area contributed by atoms with E-state index in [-0.39, 0.29) is 0 Å². The summed E-state index contributed by atoms with van der Waals surface area (Å²) < 4.78 is 0. The molecule has 2 saturated heterocycles. The second-order valence-electron chi connectivity index (χ2n) is 4.80. The van der Waals surface area contributed by atoms with Crippen LogP contribution in [0, 0.1) is 0 Å².